The molecule has 4 saturated carbocycles. The molecule has 7 rings (SSSR count). The molecular formula is C28H30F3N3O3. The summed E-state index contributed by atoms with van der Waals surface area (Å²) in [6.45, 7) is 1.89. The van der Waals surface area contributed by atoms with E-state index in [4.69, 9.17) is 9.47 Å². The van der Waals surface area contributed by atoms with E-state index in [-0.39, 0.29) is 28.4 Å². The first-order valence-corrected chi connectivity index (χ1v) is 12.9. The van der Waals surface area contributed by atoms with Crippen LogP contribution in [0.15, 0.2) is 36.5 Å². The summed E-state index contributed by atoms with van der Waals surface area (Å²) < 4.78 is 53.8. The van der Waals surface area contributed by atoms with Gasteiger partial charge in [0.1, 0.15) is 11.3 Å². The number of carbonyl (C=O) groups is 1. The molecule has 4 fully saturated rings. The van der Waals surface area contributed by atoms with E-state index >= 15 is 0 Å². The van der Waals surface area contributed by atoms with Gasteiger partial charge in [-0.15, -0.1) is 0 Å². The van der Waals surface area contributed by atoms with Crippen LogP contribution in [0.3, 0.4) is 0 Å². The molecule has 0 aliphatic heterocycles. The molecule has 37 heavy (non-hydrogen) atoms. The van der Waals surface area contributed by atoms with Gasteiger partial charge in [0, 0.05) is 5.56 Å². The van der Waals surface area contributed by atoms with Gasteiger partial charge >= 0.3 is 12.1 Å². The highest BCUT2D eigenvalue weighted by molar-refractivity contribution is 5.96. The highest BCUT2D eigenvalue weighted by atomic mass is 19.4. The molecule has 2 heterocycles. The number of fused-ring (bicyclic) bond motifs is 1. The Morgan fingerprint density at radius 2 is 1.78 bits per heavy atom. The van der Waals surface area contributed by atoms with Crippen LogP contribution in [0.4, 0.5) is 13.2 Å². The van der Waals surface area contributed by atoms with Gasteiger partial charge in [-0.25, -0.2) is 14.3 Å². The van der Waals surface area contributed by atoms with Crippen molar-refractivity contribution in [3.8, 4) is 17.0 Å². The molecule has 4 aliphatic carbocycles. The lowest BCUT2D eigenvalue weighted by Crippen LogP contribution is -2.47. The van der Waals surface area contributed by atoms with Crippen LogP contribution in [0.1, 0.15) is 67.9 Å². The average molecular weight is 514 g/mol. The van der Waals surface area contributed by atoms with Crippen molar-refractivity contribution in [2.24, 2.45) is 23.2 Å². The Balaban J connectivity index is 1.30. The van der Waals surface area contributed by atoms with E-state index in [2.05, 4.69) is 10.1 Å². The molecule has 9 heteroatoms. The third-order valence-electron chi connectivity index (χ3n) is 8.56. The fourth-order valence-corrected chi connectivity index (χ4v) is 7.74. The zero-order valence-corrected chi connectivity index (χ0v) is 20.9. The number of benzene rings is 1. The number of aromatic nitrogens is 3. The molecule has 0 radical (unpaired) electrons. The highest BCUT2D eigenvalue weighted by Crippen LogP contribution is 2.61. The van der Waals surface area contributed by atoms with E-state index in [0.717, 1.165) is 36.4 Å². The van der Waals surface area contributed by atoms with E-state index in [1.54, 1.807) is 24.3 Å². The molecule has 0 saturated heterocycles. The molecule has 1 atom stereocenters. The van der Waals surface area contributed by atoms with E-state index in [9.17, 15) is 18.0 Å². The molecule has 1 aromatic carbocycles. The van der Waals surface area contributed by atoms with Gasteiger partial charge in [0.05, 0.1) is 25.1 Å². The summed E-state index contributed by atoms with van der Waals surface area (Å²) in [5.74, 6) is 2.02. The van der Waals surface area contributed by atoms with Gasteiger partial charge in [0.2, 0.25) is 0 Å². The smallest absolute Gasteiger partial charge is 0.433 e. The van der Waals surface area contributed by atoms with Crippen molar-refractivity contribution in [1.82, 2.24) is 14.6 Å². The number of ether oxygens (including phenoxy) is 2. The molecule has 0 unspecified atom stereocenters. The van der Waals surface area contributed by atoms with E-state index in [1.807, 2.05) is 6.92 Å². The van der Waals surface area contributed by atoms with Gasteiger partial charge in [-0.05, 0) is 93.2 Å². The van der Waals surface area contributed by atoms with Crippen LogP contribution in [0.25, 0.3) is 16.9 Å². The second-order valence-electron chi connectivity index (χ2n) is 11.4. The van der Waals surface area contributed by atoms with Gasteiger partial charge in [0.25, 0.3) is 0 Å². The first kappa shape index (κ1) is 24.2. The first-order valence-electron chi connectivity index (χ1n) is 12.9. The van der Waals surface area contributed by atoms with Crippen molar-refractivity contribution in [1.29, 1.82) is 0 Å². The van der Waals surface area contributed by atoms with Crippen LogP contribution in [0.2, 0.25) is 0 Å². The summed E-state index contributed by atoms with van der Waals surface area (Å²) in [6, 6.07) is 7.60. The molecule has 6 nitrogen and oxygen atoms in total. The van der Waals surface area contributed by atoms with Gasteiger partial charge in [-0.3, -0.25) is 0 Å². The SMILES string of the molecule is COc1ccccc1-c1cc(C(F)(F)F)n2ncc(C(=O)O[C@H](C)CC34CC5CC(CC(C5)C3)C4)c2n1. The summed E-state index contributed by atoms with van der Waals surface area (Å²) in [5.41, 5.74) is -0.669. The summed E-state index contributed by atoms with van der Waals surface area (Å²) in [7, 11) is 1.44. The number of hydrogen-bond donors (Lipinski definition) is 0. The van der Waals surface area contributed by atoms with Crippen LogP contribution < -0.4 is 4.74 Å². The summed E-state index contributed by atoms with van der Waals surface area (Å²) in [5, 5.41) is 3.87. The minimum absolute atomic E-state index is 0.0356. The average Bonchev–Trinajstić information content (AvgIpc) is 3.25. The normalized spacial score (nSPS) is 27.4. The number of hydrogen-bond acceptors (Lipinski definition) is 5. The Hall–Kier alpha value is -3.10. The molecule has 4 bridgehead atoms. The van der Waals surface area contributed by atoms with Crippen LogP contribution in [-0.4, -0.2) is 33.8 Å². The zero-order chi connectivity index (χ0) is 25.9. The number of rotatable bonds is 6. The molecule has 0 N–H and O–H groups in total. The maximum Gasteiger partial charge on any atom is 0.433 e. The minimum atomic E-state index is -4.71. The van der Waals surface area contributed by atoms with Crippen LogP contribution in [0.5, 0.6) is 5.75 Å². The second-order valence-corrected chi connectivity index (χ2v) is 11.4. The minimum Gasteiger partial charge on any atom is -0.496 e. The van der Waals surface area contributed by atoms with Crippen LogP contribution in [0, 0.1) is 23.2 Å². The predicted molar refractivity (Wildman–Crippen MR) is 130 cm³/mol. The molecule has 4 aliphatic rings. The van der Waals surface area contributed by atoms with Crippen molar-refractivity contribution >= 4 is 11.6 Å². The van der Waals surface area contributed by atoms with Crippen molar-refractivity contribution < 1.29 is 27.4 Å². The lowest BCUT2D eigenvalue weighted by Gasteiger charge is -2.57. The predicted octanol–water partition coefficient (Wildman–Crippen LogP) is 6.58. The Bertz CT molecular complexity index is 1310. The molecule has 0 amide bonds. The number of carbonyl (C=O) groups excluding carboxylic acids is 1. The second kappa shape index (κ2) is 8.74. The third kappa shape index (κ3) is 4.36. The van der Waals surface area contributed by atoms with Crippen molar-refractivity contribution in [2.45, 2.75) is 64.1 Å². The van der Waals surface area contributed by atoms with Gasteiger partial charge < -0.3 is 9.47 Å². The topological polar surface area (TPSA) is 65.7 Å². The summed E-state index contributed by atoms with van der Waals surface area (Å²) in [6.07, 6.45) is 4.41. The van der Waals surface area contributed by atoms with E-state index < -0.39 is 17.8 Å². The van der Waals surface area contributed by atoms with Gasteiger partial charge in [0.15, 0.2) is 11.3 Å². The summed E-state index contributed by atoms with van der Waals surface area (Å²) >= 11 is 0. The fraction of sp³-hybridized carbons (Fsp3) is 0.536. The number of methoxy groups -OCH3 is 1. The largest absolute Gasteiger partial charge is 0.496 e. The third-order valence-corrected chi connectivity index (χ3v) is 8.56. The van der Waals surface area contributed by atoms with E-state index in [0.29, 0.717) is 15.8 Å². The van der Waals surface area contributed by atoms with Gasteiger partial charge in [-0.1, -0.05) is 12.1 Å². The zero-order valence-electron chi connectivity index (χ0n) is 20.9. The first-order chi connectivity index (χ1) is 17.6. The maximum absolute atomic E-state index is 14.0. The molecular weight excluding hydrogens is 483 g/mol. The van der Waals surface area contributed by atoms with Crippen molar-refractivity contribution in [3.63, 3.8) is 0 Å². The Labute approximate surface area is 213 Å². The quantitative estimate of drug-likeness (QED) is 0.349. The number of nitrogens with zero attached hydrogens (tertiary/aromatic N) is 3. The number of esters is 1. The van der Waals surface area contributed by atoms with Crippen LogP contribution >= 0.6 is 0 Å². The highest BCUT2D eigenvalue weighted by Gasteiger charge is 2.51. The molecule has 2 aromatic heterocycles. The maximum atomic E-state index is 14.0. The number of alkyl halides is 3. The monoisotopic (exact) mass is 513 g/mol. The number of para-hydroxylation sites is 1. The van der Waals surface area contributed by atoms with Gasteiger partial charge in [-0.2, -0.15) is 18.3 Å². The summed E-state index contributed by atoms with van der Waals surface area (Å²) in [4.78, 5) is 17.6. The Kier molecular flexibility index (Phi) is 5.73. The fourth-order valence-electron chi connectivity index (χ4n) is 7.74. The molecule has 3 aromatic rings. The van der Waals surface area contributed by atoms with E-state index in [1.165, 1.54) is 45.6 Å². The lowest BCUT2D eigenvalue weighted by atomic mass is 9.48. The molecule has 0 spiro atoms. The Morgan fingerprint density at radius 3 is 2.41 bits per heavy atom. The van der Waals surface area contributed by atoms with Crippen molar-refractivity contribution in [2.75, 3.05) is 7.11 Å². The van der Waals surface area contributed by atoms with Crippen molar-refractivity contribution in [3.05, 3.63) is 47.8 Å². The molecule has 196 valence electrons. The lowest BCUT2D eigenvalue weighted by molar-refractivity contribution is -0.142. The number of halogens is 3. The standard InChI is InChI=1S/C28H30F3N3O3/c1-16(11-27-12-17-7-18(13-27)9-19(8-17)14-27)37-26(35)21-15-32-34-24(28(29,30)31)10-22(33-25(21)34)20-5-3-4-6-23(20)36-2/h3-6,10,15-19H,7-9,11-14H2,1-2H3/t16-,17?,18?,19?,27?/m1/s1. The Morgan fingerprint density at radius 1 is 1.14 bits per heavy atom. The van der Waals surface area contributed by atoms with Crippen LogP contribution in [-0.2, 0) is 10.9 Å².